The molecule has 2 aliphatic rings. The summed E-state index contributed by atoms with van der Waals surface area (Å²) in [6, 6.07) is 20.4. The normalized spacial score (nSPS) is 16.1. The molecule has 9 nitrogen and oxygen atoms in total. The van der Waals surface area contributed by atoms with Crippen LogP contribution in [-0.4, -0.2) is 82.0 Å². The van der Waals surface area contributed by atoms with Gasteiger partial charge in [0.15, 0.2) is 22.8 Å². The van der Waals surface area contributed by atoms with E-state index in [9.17, 15) is 4.79 Å². The largest absolute Gasteiger partial charge is 0.364 e. The lowest BCUT2D eigenvalue weighted by Gasteiger charge is -2.34. The molecule has 0 aliphatic carbocycles. The lowest BCUT2D eigenvalue weighted by atomic mass is 10.1. The summed E-state index contributed by atoms with van der Waals surface area (Å²) in [5.41, 5.74) is 4.24. The standard InChI is InChI=1S/C28H30N8OS/c37-20-34-11-13-36(14-12-34)28-32-26-24(27(33-28)35-15-17-38-18-16-35)30-23(22-9-5-2-6-10-22)25(31-26)29-19-21-7-3-1-4-8-21/h1-10,20H,11-19H2,(H,29,31,32,33). The topological polar surface area (TPSA) is 90.4 Å². The third-order valence-corrected chi connectivity index (χ3v) is 7.85. The molecular formula is C28H30N8OS. The number of fused-ring (bicyclic) bond motifs is 1. The van der Waals surface area contributed by atoms with Crippen LogP contribution in [0, 0.1) is 0 Å². The van der Waals surface area contributed by atoms with Crippen molar-refractivity contribution < 1.29 is 4.79 Å². The minimum absolute atomic E-state index is 0.580. The van der Waals surface area contributed by atoms with Gasteiger partial charge in [-0.1, -0.05) is 60.7 Å². The van der Waals surface area contributed by atoms with Gasteiger partial charge in [-0.15, -0.1) is 0 Å². The third kappa shape index (κ3) is 5.22. The van der Waals surface area contributed by atoms with Crippen LogP contribution in [0.15, 0.2) is 60.7 Å². The van der Waals surface area contributed by atoms with Gasteiger partial charge in [-0.05, 0) is 5.56 Å². The Kier molecular flexibility index (Phi) is 7.21. The van der Waals surface area contributed by atoms with Crippen molar-refractivity contribution in [3.8, 4) is 11.3 Å². The van der Waals surface area contributed by atoms with Gasteiger partial charge in [0.25, 0.3) is 0 Å². The molecule has 0 unspecified atom stereocenters. The quantitative estimate of drug-likeness (QED) is 0.363. The lowest BCUT2D eigenvalue weighted by molar-refractivity contribution is -0.118. The fourth-order valence-electron chi connectivity index (χ4n) is 4.79. The van der Waals surface area contributed by atoms with Gasteiger partial charge in [-0.2, -0.15) is 21.7 Å². The highest BCUT2D eigenvalue weighted by Gasteiger charge is 2.25. The van der Waals surface area contributed by atoms with Crippen LogP contribution in [0.25, 0.3) is 22.4 Å². The second-order valence-electron chi connectivity index (χ2n) is 9.37. The smallest absolute Gasteiger partial charge is 0.229 e. The minimum Gasteiger partial charge on any atom is -0.364 e. The number of hydrogen-bond acceptors (Lipinski definition) is 9. The Bertz CT molecular complexity index is 1390. The Hall–Kier alpha value is -3.92. The van der Waals surface area contributed by atoms with Crippen molar-refractivity contribution in [1.82, 2.24) is 24.8 Å². The van der Waals surface area contributed by atoms with Crippen molar-refractivity contribution in [2.45, 2.75) is 6.54 Å². The molecule has 2 saturated heterocycles. The number of carbonyl (C=O) groups is 1. The maximum Gasteiger partial charge on any atom is 0.229 e. The van der Waals surface area contributed by atoms with Gasteiger partial charge in [0.1, 0.15) is 5.69 Å². The number of nitrogens with zero attached hydrogens (tertiary/aromatic N) is 7. The number of aromatic nitrogens is 4. The van der Waals surface area contributed by atoms with E-state index in [1.807, 2.05) is 48.2 Å². The molecule has 2 aromatic carbocycles. The second kappa shape index (κ2) is 11.2. The van der Waals surface area contributed by atoms with Crippen LogP contribution in [0.4, 0.5) is 17.6 Å². The summed E-state index contributed by atoms with van der Waals surface area (Å²) in [5.74, 6) is 4.28. The summed E-state index contributed by atoms with van der Waals surface area (Å²) in [4.78, 5) is 37.7. The molecule has 0 saturated carbocycles. The van der Waals surface area contributed by atoms with E-state index in [0.717, 1.165) is 59.2 Å². The molecule has 194 valence electrons. The van der Waals surface area contributed by atoms with Crippen LogP contribution in [-0.2, 0) is 11.3 Å². The molecule has 6 rings (SSSR count). The Morgan fingerprint density at radius 1 is 0.789 bits per heavy atom. The number of piperazine rings is 1. The van der Waals surface area contributed by atoms with Crippen LogP contribution in [0.3, 0.4) is 0 Å². The van der Waals surface area contributed by atoms with E-state index in [1.54, 1.807) is 4.90 Å². The first-order valence-electron chi connectivity index (χ1n) is 13.0. The van der Waals surface area contributed by atoms with E-state index < -0.39 is 0 Å². The molecule has 2 aromatic heterocycles. The molecule has 38 heavy (non-hydrogen) atoms. The molecule has 2 fully saturated rings. The van der Waals surface area contributed by atoms with Crippen LogP contribution in [0.2, 0.25) is 0 Å². The van der Waals surface area contributed by atoms with Crippen LogP contribution in [0.1, 0.15) is 5.56 Å². The summed E-state index contributed by atoms with van der Waals surface area (Å²) in [6.45, 7) is 5.13. The predicted molar refractivity (Wildman–Crippen MR) is 154 cm³/mol. The number of hydrogen-bond donors (Lipinski definition) is 1. The first-order valence-corrected chi connectivity index (χ1v) is 14.1. The van der Waals surface area contributed by atoms with Gasteiger partial charge in [-0.3, -0.25) is 4.79 Å². The second-order valence-corrected chi connectivity index (χ2v) is 10.6. The molecule has 0 bridgehead atoms. The highest BCUT2D eigenvalue weighted by Crippen LogP contribution is 2.32. The summed E-state index contributed by atoms with van der Waals surface area (Å²) in [5, 5.41) is 3.52. The van der Waals surface area contributed by atoms with Crippen molar-refractivity contribution >= 4 is 46.9 Å². The number of carbonyl (C=O) groups excluding carboxylic acids is 1. The summed E-state index contributed by atoms with van der Waals surface area (Å²) >= 11 is 1.96. The number of benzene rings is 2. The van der Waals surface area contributed by atoms with Gasteiger partial charge < -0.3 is 20.0 Å². The van der Waals surface area contributed by atoms with E-state index in [1.165, 1.54) is 0 Å². The minimum atomic E-state index is 0.580. The lowest BCUT2D eigenvalue weighted by Crippen LogP contribution is -2.46. The average molecular weight is 527 g/mol. The van der Waals surface area contributed by atoms with Crippen LogP contribution in [0.5, 0.6) is 0 Å². The molecule has 4 heterocycles. The first-order chi connectivity index (χ1) is 18.8. The number of amides is 1. The highest BCUT2D eigenvalue weighted by molar-refractivity contribution is 7.99. The number of thioether (sulfide) groups is 1. The van der Waals surface area contributed by atoms with Crippen molar-refractivity contribution in [2.75, 3.05) is 65.9 Å². The van der Waals surface area contributed by atoms with Gasteiger partial charge in [0, 0.05) is 62.9 Å². The number of rotatable bonds is 7. The molecule has 10 heteroatoms. The zero-order valence-corrected chi connectivity index (χ0v) is 22.0. The maximum absolute atomic E-state index is 11.2. The fourth-order valence-corrected chi connectivity index (χ4v) is 5.69. The van der Waals surface area contributed by atoms with E-state index in [-0.39, 0.29) is 0 Å². The van der Waals surface area contributed by atoms with Crippen molar-refractivity contribution in [3.05, 3.63) is 66.2 Å². The third-order valence-electron chi connectivity index (χ3n) is 6.91. The molecule has 2 aliphatic heterocycles. The Morgan fingerprint density at radius 3 is 2.21 bits per heavy atom. The molecule has 4 aromatic rings. The highest BCUT2D eigenvalue weighted by atomic mass is 32.2. The van der Waals surface area contributed by atoms with E-state index >= 15 is 0 Å². The Labute approximate surface area is 226 Å². The first kappa shape index (κ1) is 24.4. The van der Waals surface area contributed by atoms with Gasteiger partial charge in [0.2, 0.25) is 12.4 Å². The summed E-state index contributed by atoms with van der Waals surface area (Å²) < 4.78 is 0. The molecule has 0 radical (unpaired) electrons. The average Bonchev–Trinajstić information content (AvgIpc) is 3.00. The predicted octanol–water partition coefficient (Wildman–Crippen LogP) is 3.53. The van der Waals surface area contributed by atoms with Gasteiger partial charge in [0.05, 0.1) is 0 Å². The van der Waals surface area contributed by atoms with Crippen molar-refractivity contribution in [3.63, 3.8) is 0 Å². The van der Waals surface area contributed by atoms with E-state index in [2.05, 4.69) is 39.4 Å². The Morgan fingerprint density at radius 2 is 1.50 bits per heavy atom. The molecular weight excluding hydrogens is 496 g/mol. The van der Waals surface area contributed by atoms with E-state index in [4.69, 9.17) is 19.9 Å². The fraction of sp³-hybridized carbons (Fsp3) is 0.321. The molecule has 0 atom stereocenters. The van der Waals surface area contributed by atoms with Crippen LogP contribution < -0.4 is 15.1 Å². The van der Waals surface area contributed by atoms with Crippen molar-refractivity contribution in [2.24, 2.45) is 0 Å². The Balaban J connectivity index is 1.46. The monoisotopic (exact) mass is 526 g/mol. The van der Waals surface area contributed by atoms with Gasteiger partial charge >= 0.3 is 0 Å². The zero-order chi connectivity index (χ0) is 25.7. The zero-order valence-electron chi connectivity index (χ0n) is 21.2. The molecule has 1 N–H and O–H groups in total. The summed E-state index contributed by atoms with van der Waals surface area (Å²) in [6.07, 6.45) is 0.913. The SMILES string of the molecule is O=CN1CCN(c2nc(N3CCSCC3)c3nc(-c4ccccc4)c(NCc4ccccc4)nc3n2)CC1. The van der Waals surface area contributed by atoms with Crippen molar-refractivity contribution in [1.29, 1.82) is 0 Å². The van der Waals surface area contributed by atoms with E-state index in [0.29, 0.717) is 50.1 Å². The number of nitrogens with one attached hydrogen (secondary N) is 1. The maximum atomic E-state index is 11.2. The summed E-state index contributed by atoms with van der Waals surface area (Å²) in [7, 11) is 0. The molecule has 1 amide bonds. The molecule has 0 spiro atoms. The van der Waals surface area contributed by atoms with Crippen LogP contribution >= 0.6 is 11.8 Å². The number of anilines is 3. The van der Waals surface area contributed by atoms with Gasteiger partial charge in [-0.25, -0.2) is 9.97 Å².